The van der Waals surface area contributed by atoms with Gasteiger partial charge in [0.1, 0.15) is 0 Å². The van der Waals surface area contributed by atoms with Gasteiger partial charge >= 0.3 is 11.9 Å². The SMILES string of the molecule is CCCCCCCCCCCCCCCCCCC(NC(C)=O)(C(=O)OCC)C(=O)OCC. The van der Waals surface area contributed by atoms with Crippen LogP contribution in [0.5, 0.6) is 0 Å². The average Bonchev–Trinajstić information content (AvgIpc) is 2.78. The molecule has 6 nitrogen and oxygen atoms in total. The van der Waals surface area contributed by atoms with Crippen molar-refractivity contribution in [1.82, 2.24) is 5.32 Å². The molecule has 0 saturated carbocycles. The van der Waals surface area contributed by atoms with Crippen molar-refractivity contribution >= 4 is 17.8 Å². The molecule has 0 aliphatic heterocycles. The number of carbonyl (C=O) groups excluding carboxylic acids is 3. The zero-order valence-electron chi connectivity index (χ0n) is 22.0. The van der Waals surface area contributed by atoms with Gasteiger partial charge in [0.15, 0.2) is 0 Å². The van der Waals surface area contributed by atoms with Gasteiger partial charge in [0.2, 0.25) is 11.4 Å². The van der Waals surface area contributed by atoms with E-state index in [9.17, 15) is 14.4 Å². The van der Waals surface area contributed by atoms with Crippen LogP contribution in [0.4, 0.5) is 0 Å². The van der Waals surface area contributed by atoms with Crippen molar-refractivity contribution in [2.24, 2.45) is 0 Å². The summed E-state index contributed by atoms with van der Waals surface area (Å²) < 4.78 is 10.2. The van der Waals surface area contributed by atoms with Crippen LogP contribution in [-0.2, 0) is 23.9 Å². The summed E-state index contributed by atoms with van der Waals surface area (Å²) in [5, 5.41) is 2.53. The molecule has 0 heterocycles. The van der Waals surface area contributed by atoms with E-state index in [0.29, 0.717) is 6.42 Å². The van der Waals surface area contributed by atoms with E-state index in [1.165, 1.54) is 84.0 Å². The maximum absolute atomic E-state index is 12.6. The normalized spacial score (nSPS) is 11.3. The summed E-state index contributed by atoms with van der Waals surface area (Å²) >= 11 is 0. The van der Waals surface area contributed by atoms with E-state index in [1.54, 1.807) is 13.8 Å². The lowest BCUT2D eigenvalue weighted by atomic mass is 9.91. The van der Waals surface area contributed by atoms with Gasteiger partial charge in [0.05, 0.1) is 13.2 Å². The van der Waals surface area contributed by atoms with Crippen LogP contribution in [0.2, 0.25) is 0 Å². The third-order valence-corrected chi connectivity index (χ3v) is 6.04. The highest BCUT2D eigenvalue weighted by Gasteiger charge is 2.49. The maximum atomic E-state index is 12.6. The predicted molar refractivity (Wildman–Crippen MR) is 134 cm³/mol. The van der Waals surface area contributed by atoms with Gasteiger partial charge in [-0.05, 0) is 26.7 Å². The molecule has 0 aliphatic carbocycles. The van der Waals surface area contributed by atoms with Crippen LogP contribution in [0.3, 0.4) is 0 Å². The van der Waals surface area contributed by atoms with Crippen molar-refractivity contribution in [2.75, 3.05) is 13.2 Å². The Morgan fingerprint density at radius 3 is 1.21 bits per heavy atom. The second kappa shape index (κ2) is 21.0. The molecule has 0 saturated heterocycles. The summed E-state index contributed by atoms with van der Waals surface area (Å²) in [7, 11) is 0. The lowest BCUT2D eigenvalue weighted by Gasteiger charge is -2.29. The van der Waals surface area contributed by atoms with Crippen LogP contribution < -0.4 is 5.32 Å². The Labute approximate surface area is 202 Å². The quantitative estimate of drug-likeness (QED) is 0.109. The second-order valence-corrected chi connectivity index (χ2v) is 9.08. The third-order valence-electron chi connectivity index (χ3n) is 6.04. The Morgan fingerprint density at radius 1 is 0.576 bits per heavy atom. The van der Waals surface area contributed by atoms with E-state index < -0.39 is 23.4 Å². The summed E-state index contributed by atoms with van der Waals surface area (Å²) in [4.78, 5) is 36.9. The topological polar surface area (TPSA) is 81.7 Å². The minimum absolute atomic E-state index is 0.137. The van der Waals surface area contributed by atoms with Gasteiger partial charge in [-0.25, -0.2) is 9.59 Å². The standard InChI is InChI=1S/C27H51NO5/c1-5-8-9-10-11-12-13-14-15-16-17-18-19-20-21-22-23-27(28-24(4)29,25(30)32-6-2)26(31)33-7-3/h5-23H2,1-4H3,(H,28,29). The molecule has 6 heteroatoms. The first-order chi connectivity index (χ1) is 15.9. The highest BCUT2D eigenvalue weighted by Crippen LogP contribution is 2.21. The number of rotatable bonds is 22. The van der Waals surface area contributed by atoms with Crippen LogP contribution in [0.15, 0.2) is 0 Å². The van der Waals surface area contributed by atoms with E-state index in [0.717, 1.165) is 19.3 Å². The molecule has 0 radical (unpaired) electrons. The first-order valence-corrected chi connectivity index (χ1v) is 13.6. The largest absolute Gasteiger partial charge is 0.464 e. The number of hydrogen-bond acceptors (Lipinski definition) is 5. The Morgan fingerprint density at radius 2 is 0.909 bits per heavy atom. The van der Waals surface area contributed by atoms with Crippen molar-refractivity contribution in [3.8, 4) is 0 Å². The van der Waals surface area contributed by atoms with Gasteiger partial charge in [-0.3, -0.25) is 4.79 Å². The molecule has 194 valence electrons. The molecule has 0 fully saturated rings. The van der Waals surface area contributed by atoms with Crippen molar-refractivity contribution in [1.29, 1.82) is 0 Å². The number of esters is 2. The molecule has 0 bridgehead atoms. The Bertz CT molecular complexity index is 503. The second-order valence-electron chi connectivity index (χ2n) is 9.08. The lowest BCUT2D eigenvalue weighted by Crippen LogP contribution is -2.61. The first-order valence-electron chi connectivity index (χ1n) is 13.6. The van der Waals surface area contributed by atoms with Gasteiger partial charge in [-0.15, -0.1) is 0 Å². The van der Waals surface area contributed by atoms with Gasteiger partial charge in [-0.2, -0.15) is 0 Å². The zero-order chi connectivity index (χ0) is 24.8. The molecular weight excluding hydrogens is 418 g/mol. The highest BCUT2D eigenvalue weighted by atomic mass is 16.6. The molecule has 0 aromatic carbocycles. The van der Waals surface area contributed by atoms with E-state index in [2.05, 4.69) is 12.2 Å². The molecule has 0 unspecified atom stereocenters. The smallest absolute Gasteiger partial charge is 0.343 e. The fourth-order valence-electron chi connectivity index (χ4n) is 4.20. The number of ether oxygens (including phenoxy) is 2. The summed E-state index contributed by atoms with van der Waals surface area (Å²) in [6.07, 6.45) is 20.1. The van der Waals surface area contributed by atoms with Crippen LogP contribution in [0.1, 0.15) is 137 Å². The molecule has 0 spiro atoms. The first kappa shape index (κ1) is 31.4. The predicted octanol–water partition coefficient (Wildman–Crippen LogP) is 6.64. The van der Waals surface area contributed by atoms with Gasteiger partial charge < -0.3 is 14.8 Å². The average molecular weight is 470 g/mol. The monoisotopic (exact) mass is 469 g/mol. The fraction of sp³-hybridized carbons (Fsp3) is 0.889. The highest BCUT2D eigenvalue weighted by molar-refractivity contribution is 6.07. The number of amides is 1. The van der Waals surface area contributed by atoms with Crippen LogP contribution in [0, 0.1) is 0 Å². The number of hydrogen-bond donors (Lipinski definition) is 1. The third kappa shape index (κ3) is 15.0. The number of unbranched alkanes of at least 4 members (excludes halogenated alkanes) is 15. The van der Waals surface area contributed by atoms with E-state index >= 15 is 0 Å². The molecule has 1 amide bonds. The Hall–Kier alpha value is -1.59. The molecule has 0 aromatic rings. The maximum Gasteiger partial charge on any atom is 0.343 e. The Kier molecular flexibility index (Phi) is 20.0. The van der Waals surface area contributed by atoms with Crippen molar-refractivity contribution < 1.29 is 23.9 Å². The zero-order valence-corrected chi connectivity index (χ0v) is 22.0. The molecule has 0 aliphatic rings. The van der Waals surface area contributed by atoms with Gasteiger partial charge in [0.25, 0.3) is 0 Å². The van der Waals surface area contributed by atoms with Crippen molar-refractivity contribution in [2.45, 2.75) is 142 Å². The van der Waals surface area contributed by atoms with Gasteiger partial charge in [0, 0.05) is 6.92 Å². The van der Waals surface area contributed by atoms with Crippen LogP contribution in [0.25, 0.3) is 0 Å². The molecule has 0 aromatic heterocycles. The minimum Gasteiger partial charge on any atom is -0.464 e. The molecular formula is C27H51NO5. The van der Waals surface area contributed by atoms with Gasteiger partial charge in [-0.1, -0.05) is 103 Å². The van der Waals surface area contributed by atoms with E-state index in [1.807, 2.05) is 0 Å². The summed E-state index contributed by atoms with van der Waals surface area (Å²) in [6, 6.07) is 0. The molecule has 0 rings (SSSR count). The molecule has 33 heavy (non-hydrogen) atoms. The lowest BCUT2D eigenvalue weighted by molar-refractivity contribution is -0.168. The summed E-state index contributed by atoms with van der Waals surface area (Å²) in [6.45, 7) is 7.18. The summed E-state index contributed by atoms with van der Waals surface area (Å²) in [5.74, 6) is -1.92. The number of carbonyl (C=O) groups is 3. The van der Waals surface area contributed by atoms with E-state index in [4.69, 9.17) is 9.47 Å². The van der Waals surface area contributed by atoms with Crippen LogP contribution in [-0.4, -0.2) is 36.6 Å². The van der Waals surface area contributed by atoms with Crippen molar-refractivity contribution in [3.63, 3.8) is 0 Å². The summed E-state index contributed by atoms with van der Waals surface area (Å²) in [5.41, 5.74) is -1.74. The molecule has 1 N–H and O–H groups in total. The number of nitrogens with one attached hydrogen (secondary N) is 1. The Balaban J connectivity index is 4.07. The minimum atomic E-state index is -1.74. The molecule has 0 atom stereocenters. The van der Waals surface area contributed by atoms with Crippen molar-refractivity contribution in [3.05, 3.63) is 0 Å². The van der Waals surface area contributed by atoms with Crippen LogP contribution >= 0.6 is 0 Å². The fourth-order valence-corrected chi connectivity index (χ4v) is 4.20. The van der Waals surface area contributed by atoms with E-state index in [-0.39, 0.29) is 19.6 Å².